The van der Waals surface area contributed by atoms with Gasteiger partial charge in [-0.05, 0) is 73.6 Å². The second-order valence-corrected chi connectivity index (χ2v) is 8.62. The Morgan fingerprint density at radius 2 is 1.81 bits per heavy atom. The van der Waals surface area contributed by atoms with Crippen molar-refractivity contribution in [3.63, 3.8) is 0 Å². The molecule has 0 aliphatic carbocycles. The molecule has 4 rings (SSSR count). The van der Waals surface area contributed by atoms with Crippen molar-refractivity contribution < 1.29 is 29.0 Å². The van der Waals surface area contributed by atoms with Gasteiger partial charge >= 0.3 is 5.97 Å². The largest absolute Gasteiger partial charge is 0.490 e. The molecule has 0 spiro atoms. The number of anilines is 1. The van der Waals surface area contributed by atoms with Crippen LogP contribution in [-0.4, -0.2) is 34.6 Å². The van der Waals surface area contributed by atoms with Gasteiger partial charge in [-0.15, -0.1) is 0 Å². The first-order valence-corrected chi connectivity index (χ1v) is 11.9. The summed E-state index contributed by atoms with van der Waals surface area (Å²) in [6.07, 6.45) is 1.43. The fraction of sp³-hybridized carbons (Fsp3) is 0.143. The lowest BCUT2D eigenvalue weighted by Crippen LogP contribution is -2.54. The van der Waals surface area contributed by atoms with E-state index in [0.29, 0.717) is 30.3 Å². The highest BCUT2D eigenvalue weighted by Crippen LogP contribution is 2.31. The standard InChI is InChI=1S/C28H24N2O6S/c1-3-35-24-14-18(10-11-23(24)36-16-19-7-4-6-17(2)12-19)13-22-25(31)29-28(37)30(26(22)32)21-9-5-8-20(15-21)27(33)34/h4-15H,3,16H2,1-2H3,(H,33,34)(H,29,31,37). The Morgan fingerprint density at radius 1 is 1.03 bits per heavy atom. The highest BCUT2D eigenvalue weighted by Gasteiger charge is 2.34. The Hall–Kier alpha value is -4.50. The topological polar surface area (TPSA) is 105 Å². The smallest absolute Gasteiger partial charge is 0.335 e. The number of carboxylic acids is 1. The molecule has 3 aromatic rings. The average molecular weight is 517 g/mol. The summed E-state index contributed by atoms with van der Waals surface area (Å²) in [7, 11) is 0. The molecule has 1 heterocycles. The van der Waals surface area contributed by atoms with Crippen LogP contribution in [0, 0.1) is 6.92 Å². The van der Waals surface area contributed by atoms with Gasteiger partial charge in [-0.1, -0.05) is 42.0 Å². The highest BCUT2D eigenvalue weighted by atomic mass is 32.1. The third-order valence-electron chi connectivity index (χ3n) is 5.51. The van der Waals surface area contributed by atoms with E-state index in [0.717, 1.165) is 16.0 Å². The molecule has 9 heteroatoms. The summed E-state index contributed by atoms with van der Waals surface area (Å²) in [5.41, 5.74) is 2.74. The summed E-state index contributed by atoms with van der Waals surface area (Å²) in [6.45, 7) is 4.60. The predicted molar refractivity (Wildman–Crippen MR) is 143 cm³/mol. The van der Waals surface area contributed by atoms with Crippen molar-refractivity contribution in [2.75, 3.05) is 11.5 Å². The van der Waals surface area contributed by atoms with Gasteiger partial charge in [0, 0.05) is 0 Å². The van der Waals surface area contributed by atoms with Gasteiger partial charge in [-0.2, -0.15) is 0 Å². The number of thiocarbonyl (C=S) groups is 1. The van der Waals surface area contributed by atoms with Gasteiger partial charge in [0.05, 0.1) is 17.9 Å². The summed E-state index contributed by atoms with van der Waals surface area (Å²) in [6, 6.07) is 18.9. The minimum atomic E-state index is -1.15. The highest BCUT2D eigenvalue weighted by molar-refractivity contribution is 7.80. The second-order valence-electron chi connectivity index (χ2n) is 8.23. The number of aromatic carboxylic acids is 1. The average Bonchev–Trinajstić information content (AvgIpc) is 2.86. The van der Waals surface area contributed by atoms with Crippen LogP contribution in [0.1, 0.15) is 34.0 Å². The monoisotopic (exact) mass is 516 g/mol. The molecule has 37 heavy (non-hydrogen) atoms. The number of aryl methyl sites for hydroxylation is 1. The maximum Gasteiger partial charge on any atom is 0.335 e. The molecule has 1 fully saturated rings. The van der Waals surface area contributed by atoms with Crippen molar-refractivity contribution in [3.8, 4) is 11.5 Å². The van der Waals surface area contributed by atoms with Gasteiger partial charge in [0.15, 0.2) is 16.6 Å². The van der Waals surface area contributed by atoms with Crippen molar-refractivity contribution in [1.29, 1.82) is 0 Å². The summed E-state index contributed by atoms with van der Waals surface area (Å²) in [4.78, 5) is 38.4. The van der Waals surface area contributed by atoms with E-state index in [1.54, 1.807) is 24.3 Å². The third-order valence-corrected chi connectivity index (χ3v) is 5.79. The Kier molecular flexibility index (Phi) is 7.64. The number of carboxylic acid groups (broad SMARTS) is 1. The van der Waals surface area contributed by atoms with Crippen LogP contribution in [-0.2, 0) is 16.2 Å². The molecule has 1 aliphatic heterocycles. The van der Waals surface area contributed by atoms with Gasteiger partial charge in [-0.25, -0.2) is 4.79 Å². The lowest BCUT2D eigenvalue weighted by molar-refractivity contribution is -0.122. The number of carbonyl (C=O) groups excluding carboxylic acids is 2. The quantitative estimate of drug-likeness (QED) is 0.258. The number of nitrogens with zero attached hydrogens (tertiary/aromatic N) is 1. The molecule has 8 nitrogen and oxygen atoms in total. The number of hydrogen-bond acceptors (Lipinski definition) is 6. The van der Waals surface area contributed by atoms with Gasteiger partial charge < -0.3 is 14.6 Å². The van der Waals surface area contributed by atoms with Crippen LogP contribution in [0.25, 0.3) is 6.08 Å². The summed E-state index contributed by atoms with van der Waals surface area (Å²) in [5.74, 6) is -1.48. The van der Waals surface area contributed by atoms with Crippen molar-refractivity contribution in [1.82, 2.24) is 5.32 Å². The number of amides is 2. The lowest BCUT2D eigenvalue weighted by atomic mass is 10.1. The first-order chi connectivity index (χ1) is 17.8. The Balaban J connectivity index is 1.62. The molecule has 2 amide bonds. The van der Waals surface area contributed by atoms with E-state index in [-0.39, 0.29) is 21.9 Å². The van der Waals surface area contributed by atoms with Gasteiger partial charge in [0.2, 0.25) is 0 Å². The first kappa shape index (κ1) is 25.6. The second kappa shape index (κ2) is 11.0. The molecular weight excluding hydrogens is 492 g/mol. The van der Waals surface area contributed by atoms with Crippen LogP contribution in [0.5, 0.6) is 11.5 Å². The number of benzene rings is 3. The molecule has 2 N–H and O–H groups in total. The molecule has 1 saturated heterocycles. The minimum absolute atomic E-state index is 0.0156. The van der Waals surface area contributed by atoms with Crippen LogP contribution < -0.4 is 19.7 Å². The van der Waals surface area contributed by atoms with Gasteiger partial charge in [-0.3, -0.25) is 19.8 Å². The zero-order valence-electron chi connectivity index (χ0n) is 20.2. The van der Waals surface area contributed by atoms with Gasteiger partial charge in [0.1, 0.15) is 12.2 Å². The summed E-state index contributed by atoms with van der Waals surface area (Å²) in [5, 5.41) is 11.7. The van der Waals surface area contributed by atoms with E-state index in [9.17, 15) is 19.5 Å². The third kappa shape index (κ3) is 5.84. The minimum Gasteiger partial charge on any atom is -0.490 e. The maximum absolute atomic E-state index is 13.3. The Bertz CT molecular complexity index is 1430. The van der Waals surface area contributed by atoms with E-state index >= 15 is 0 Å². The lowest BCUT2D eigenvalue weighted by Gasteiger charge is -2.29. The number of ether oxygens (including phenoxy) is 2. The van der Waals surface area contributed by atoms with E-state index in [1.807, 2.05) is 38.1 Å². The maximum atomic E-state index is 13.3. The van der Waals surface area contributed by atoms with Crippen molar-refractivity contribution in [2.45, 2.75) is 20.5 Å². The van der Waals surface area contributed by atoms with E-state index in [1.165, 1.54) is 24.3 Å². The summed E-state index contributed by atoms with van der Waals surface area (Å²) < 4.78 is 11.7. The predicted octanol–water partition coefficient (Wildman–Crippen LogP) is 4.50. The summed E-state index contributed by atoms with van der Waals surface area (Å²) >= 11 is 5.20. The van der Waals surface area contributed by atoms with Crippen molar-refractivity contribution >= 4 is 46.9 Å². The van der Waals surface area contributed by atoms with Crippen LogP contribution in [0.15, 0.2) is 72.3 Å². The molecule has 0 unspecified atom stereocenters. The first-order valence-electron chi connectivity index (χ1n) is 11.5. The zero-order valence-corrected chi connectivity index (χ0v) is 21.0. The van der Waals surface area contributed by atoms with Gasteiger partial charge in [0.25, 0.3) is 11.8 Å². The Labute approximate surface area is 219 Å². The fourth-order valence-electron chi connectivity index (χ4n) is 3.80. The number of hydrogen-bond donors (Lipinski definition) is 2. The van der Waals surface area contributed by atoms with Crippen LogP contribution >= 0.6 is 12.2 Å². The number of nitrogens with one attached hydrogen (secondary N) is 1. The van der Waals surface area contributed by atoms with E-state index in [4.69, 9.17) is 21.7 Å². The number of carbonyl (C=O) groups is 3. The normalized spacial score (nSPS) is 14.5. The molecule has 188 valence electrons. The van der Waals surface area contributed by atoms with Crippen LogP contribution in [0.3, 0.4) is 0 Å². The SMILES string of the molecule is CCOc1cc(C=C2C(=O)NC(=S)N(c3cccc(C(=O)O)c3)C2=O)ccc1OCc1cccc(C)c1. The van der Waals surface area contributed by atoms with Crippen LogP contribution in [0.2, 0.25) is 0 Å². The van der Waals surface area contributed by atoms with Crippen molar-refractivity contribution in [3.05, 3.63) is 94.6 Å². The van der Waals surface area contributed by atoms with E-state index < -0.39 is 17.8 Å². The zero-order chi connectivity index (χ0) is 26.5. The molecule has 3 aromatic carbocycles. The fourth-order valence-corrected chi connectivity index (χ4v) is 4.08. The molecular formula is C28H24N2O6S. The van der Waals surface area contributed by atoms with Crippen molar-refractivity contribution in [2.24, 2.45) is 0 Å². The molecule has 0 saturated carbocycles. The molecule has 0 bridgehead atoms. The van der Waals surface area contributed by atoms with Crippen LogP contribution in [0.4, 0.5) is 5.69 Å². The number of rotatable bonds is 8. The molecule has 0 radical (unpaired) electrons. The molecule has 0 aromatic heterocycles. The molecule has 1 aliphatic rings. The van der Waals surface area contributed by atoms with E-state index in [2.05, 4.69) is 5.32 Å². The molecule has 0 atom stereocenters. The Morgan fingerprint density at radius 3 is 2.54 bits per heavy atom.